The van der Waals surface area contributed by atoms with E-state index in [4.69, 9.17) is 17.3 Å². The molecule has 8 atom stereocenters. The first kappa shape index (κ1) is 29.8. The van der Waals surface area contributed by atoms with E-state index in [0.29, 0.717) is 41.6 Å². The maximum Gasteiger partial charge on any atom is 0.241 e. The number of nitrogens with two attached hydrogens (primary N) is 1. The van der Waals surface area contributed by atoms with Gasteiger partial charge in [-0.2, -0.15) is 0 Å². The van der Waals surface area contributed by atoms with Crippen LogP contribution in [0.4, 0.5) is 5.69 Å². The molecular weight excluding hydrogens is 528 g/mol. The molecule has 8 nitrogen and oxygen atoms in total. The molecule has 4 bridgehead atoms. The Balaban J connectivity index is 1.19. The molecule has 6 rings (SSSR count). The SMILES string of the molecule is CC(C)[C@H](C[C@H](O)[C@@H](N)CN1CC(=O)N(c2ccccc2Cl)CC1(C)C)C(=O)NC1[C@@H]2CC3C[C@H]1CC(O)(C3)C2. The Kier molecular flexibility index (Phi) is 8.32. The quantitative estimate of drug-likeness (QED) is 0.360. The molecule has 1 heterocycles. The number of aliphatic hydroxyl groups excluding tert-OH is 1. The molecule has 0 spiro atoms. The van der Waals surface area contributed by atoms with Crippen molar-refractivity contribution < 1.29 is 19.8 Å². The smallest absolute Gasteiger partial charge is 0.241 e. The molecule has 1 aromatic rings. The predicted octanol–water partition coefficient (Wildman–Crippen LogP) is 3.17. The molecule has 222 valence electrons. The third kappa shape index (κ3) is 5.93. The zero-order chi connectivity index (χ0) is 29.0. The molecule has 2 amide bonds. The van der Waals surface area contributed by atoms with Gasteiger partial charge in [0.05, 0.1) is 29.0 Å². The fourth-order valence-electron chi connectivity index (χ4n) is 8.22. The van der Waals surface area contributed by atoms with Crippen LogP contribution in [0.5, 0.6) is 0 Å². The van der Waals surface area contributed by atoms with Crippen LogP contribution in [0.3, 0.4) is 0 Å². The summed E-state index contributed by atoms with van der Waals surface area (Å²) in [5, 5.41) is 26.0. The van der Waals surface area contributed by atoms with Crippen molar-refractivity contribution in [2.45, 2.75) is 95.5 Å². The van der Waals surface area contributed by atoms with Crippen molar-refractivity contribution in [3.8, 4) is 0 Å². The summed E-state index contributed by atoms with van der Waals surface area (Å²) in [7, 11) is 0. The number of rotatable bonds is 9. The molecule has 9 heteroatoms. The van der Waals surface area contributed by atoms with E-state index in [1.165, 1.54) is 0 Å². The second-order valence-electron chi connectivity index (χ2n) is 14.2. The van der Waals surface area contributed by atoms with Crippen LogP contribution in [-0.4, -0.2) is 75.9 Å². The van der Waals surface area contributed by atoms with Gasteiger partial charge in [0.15, 0.2) is 0 Å². The fourth-order valence-corrected chi connectivity index (χ4v) is 8.46. The summed E-state index contributed by atoms with van der Waals surface area (Å²) in [4.78, 5) is 30.4. The number of piperazine rings is 1. The second-order valence-corrected chi connectivity index (χ2v) is 14.6. The van der Waals surface area contributed by atoms with Gasteiger partial charge in [-0.3, -0.25) is 14.5 Å². The van der Waals surface area contributed by atoms with E-state index < -0.39 is 17.7 Å². The average Bonchev–Trinajstić information content (AvgIpc) is 2.85. The largest absolute Gasteiger partial charge is 0.391 e. The minimum atomic E-state index is -0.884. The van der Waals surface area contributed by atoms with Crippen LogP contribution in [-0.2, 0) is 9.59 Å². The second kappa shape index (κ2) is 11.2. The Morgan fingerprint density at radius 2 is 1.82 bits per heavy atom. The van der Waals surface area contributed by atoms with Gasteiger partial charge in [-0.1, -0.05) is 37.6 Å². The Morgan fingerprint density at radius 1 is 1.18 bits per heavy atom. The van der Waals surface area contributed by atoms with Crippen molar-refractivity contribution in [1.29, 1.82) is 0 Å². The molecule has 5 N–H and O–H groups in total. The van der Waals surface area contributed by atoms with Gasteiger partial charge >= 0.3 is 0 Å². The number of amides is 2. The average molecular weight is 575 g/mol. The highest BCUT2D eigenvalue weighted by Gasteiger charge is 2.55. The molecule has 0 aromatic heterocycles. The van der Waals surface area contributed by atoms with Crippen molar-refractivity contribution in [1.82, 2.24) is 10.2 Å². The third-order valence-corrected chi connectivity index (χ3v) is 10.6. The number of carbonyl (C=O) groups excluding carboxylic acids is 2. The zero-order valence-corrected chi connectivity index (χ0v) is 25.1. The normalized spacial score (nSPS) is 33.7. The lowest BCUT2D eigenvalue weighted by molar-refractivity contribution is -0.149. The van der Waals surface area contributed by atoms with Crippen molar-refractivity contribution >= 4 is 29.1 Å². The van der Waals surface area contributed by atoms with Crippen LogP contribution in [0.2, 0.25) is 5.02 Å². The minimum absolute atomic E-state index is 0.0189. The molecule has 4 aliphatic carbocycles. The maximum absolute atomic E-state index is 13.6. The Hall–Kier alpha value is -1.71. The summed E-state index contributed by atoms with van der Waals surface area (Å²) in [6.07, 6.45) is 4.03. The van der Waals surface area contributed by atoms with E-state index in [1.54, 1.807) is 11.0 Å². The van der Waals surface area contributed by atoms with Gasteiger partial charge in [-0.05, 0) is 88.2 Å². The number of hydrogen-bond donors (Lipinski definition) is 4. The van der Waals surface area contributed by atoms with Crippen molar-refractivity contribution in [3.05, 3.63) is 29.3 Å². The van der Waals surface area contributed by atoms with Gasteiger partial charge in [0.25, 0.3) is 0 Å². The molecule has 5 aliphatic rings. The summed E-state index contributed by atoms with van der Waals surface area (Å²) in [6.45, 7) is 9.12. The standard InChI is InChI=1S/C31H47ClN4O4/c1-18(2)22(29(39)34-28-20-9-19-10-21(28)14-31(40,12-19)13-20)11-26(37)24(33)15-35-16-27(38)36(17-30(35,3)4)25-8-6-5-7-23(25)32/h5-8,18-22,24,26,28,37,40H,9-17,33H2,1-4H3,(H,34,39)/t19?,20-,21+,22-,24-,26-,28?,31?/m0/s1. The molecule has 0 radical (unpaired) electrons. The van der Waals surface area contributed by atoms with E-state index in [-0.39, 0.29) is 48.2 Å². The monoisotopic (exact) mass is 574 g/mol. The number of halogens is 1. The van der Waals surface area contributed by atoms with Crippen molar-refractivity contribution in [2.75, 3.05) is 24.5 Å². The molecule has 4 saturated carbocycles. The summed E-state index contributed by atoms with van der Waals surface area (Å²) in [5.74, 6) is 0.851. The highest BCUT2D eigenvalue weighted by Crippen LogP contribution is 2.55. The van der Waals surface area contributed by atoms with Gasteiger partial charge in [-0.15, -0.1) is 0 Å². The lowest BCUT2D eigenvalue weighted by Gasteiger charge is -2.58. The van der Waals surface area contributed by atoms with Gasteiger partial charge in [0, 0.05) is 36.6 Å². The summed E-state index contributed by atoms with van der Waals surface area (Å²) in [6, 6.07) is 6.84. The molecule has 40 heavy (non-hydrogen) atoms. The van der Waals surface area contributed by atoms with E-state index in [9.17, 15) is 19.8 Å². The molecular formula is C31H47ClN4O4. The fraction of sp³-hybridized carbons (Fsp3) is 0.742. The topological polar surface area (TPSA) is 119 Å². The van der Waals surface area contributed by atoms with E-state index in [0.717, 1.165) is 32.1 Å². The van der Waals surface area contributed by atoms with E-state index in [1.807, 2.05) is 36.9 Å². The highest BCUT2D eigenvalue weighted by molar-refractivity contribution is 6.33. The van der Waals surface area contributed by atoms with E-state index >= 15 is 0 Å². The molecule has 1 aliphatic heterocycles. The first-order valence-electron chi connectivity index (χ1n) is 15.0. The van der Waals surface area contributed by atoms with Crippen LogP contribution in [0.1, 0.15) is 66.2 Å². The number of aliphatic hydroxyl groups is 2. The van der Waals surface area contributed by atoms with Crippen LogP contribution in [0, 0.1) is 29.6 Å². The number of hydrogen-bond acceptors (Lipinski definition) is 6. The van der Waals surface area contributed by atoms with Gasteiger partial charge in [0.2, 0.25) is 11.8 Å². The molecule has 3 unspecified atom stereocenters. The number of carbonyl (C=O) groups is 2. The molecule has 1 saturated heterocycles. The summed E-state index contributed by atoms with van der Waals surface area (Å²) in [5.41, 5.74) is 6.31. The molecule has 5 fully saturated rings. The predicted molar refractivity (Wildman–Crippen MR) is 157 cm³/mol. The minimum Gasteiger partial charge on any atom is -0.391 e. The lowest BCUT2D eigenvalue weighted by atomic mass is 9.52. The first-order chi connectivity index (χ1) is 18.8. The number of nitrogens with one attached hydrogen (secondary N) is 1. The summed E-state index contributed by atoms with van der Waals surface area (Å²) < 4.78 is 0. The van der Waals surface area contributed by atoms with Gasteiger partial charge < -0.3 is 26.2 Å². The van der Waals surface area contributed by atoms with Crippen molar-refractivity contribution in [3.63, 3.8) is 0 Å². The first-order valence-corrected chi connectivity index (χ1v) is 15.4. The van der Waals surface area contributed by atoms with Crippen LogP contribution in [0.25, 0.3) is 0 Å². The third-order valence-electron chi connectivity index (χ3n) is 10.3. The Labute approximate surface area is 243 Å². The highest BCUT2D eigenvalue weighted by atomic mass is 35.5. The van der Waals surface area contributed by atoms with Crippen molar-refractivity contribution in [2.24, 2.45) is 35.3 Å². The molecule has 1 aromatic carbocycles. The number of nitrogens with zero attached hydrogens (tertiary/aromatic N) is 2. The van der Waals surface area contributed by atoms with Crippen LogP contribution >= 0.6 is 11.6 Å². The zero-order valence-electron chi connectivity index (χ0n) is 24.4. The van der Waals surface area contributed by atoms with Crippen LogP contribution in [0.15, 0.2) is 24.3 Å². The van der Waals surface area contributed by atoms with Gasteiger partial charge in [0.1, 0.15) is 0 Å². The van der Waals surface area contributed by atoms with E-state index in [2.05, 4.69) is 19.2 Å². The summed E-state index contributed by atoms with van der Waals surface area (Å²) >= 11 is 6.38. The number of para-hydroxylation sites is 1. The number of benzene rings is 1. The van der Waals surface area contributed by atoms with Crippen LogP contribution < -0.4 is 16.0 Å². The van der Waals surface area contributed by atoms with Gasteiger partial charge in [-0.25, -0.2) is 0 Å². The maximum atomic E-state index is 13.6. The Morgan fingerprint density at radius 3 is 2.42 bits per heavy atom. The number of anilines is 1. The Bertz CT molecular complexity index is 1100. The lowest BCUT2D eigenvalue weighted by Crippen LogP contribution is -2.64.